The molecular formula is C18H22Cl2N4O3. The lowest BCUT2D eigenvalue weighted by Crippen LogP contribution is -2.47. The van der Waals surface area contributed by atoms with Crippen molar-refractivity contribution in [3.63, 3.8) is 0 Å². The number of aromatic nitrogens is 2. The third-order valence-electron chi connectivity index (χ3n) is 3.71. The fourth-order valence-electron chi connectivity index (χ4n) is 2.47. The van der Waals surface area contributed by atoms with Gasteiger partial charge in [0.15, 0.2) is 5.82 Å². The number of rotatable bonds is 8. The summed E-state index contributed by atoms with van der Waals surface area (Å²) < 4.78 is 5.01. The number of amides is 2. The minimum Gasteiger partial charge on any atom is -0.354 e. The lowest BCUT2D eigenvalue weighted by atomic mass is 10.0. The van der Waals surface area contributed by atoms with Gasteiger partial charge in [-0.15, -0.1) is 0 Å². The molecule has 2 N–H and O–H groups in total. The molecular weight excluding hydrogens is 391 g/mol. The van der Waals surface area contributed by atoms with Crippen LogP contribution in [0.5, 0.6) is 0 Å². The number of nitrogens with zero attached hydrogens (tertiary/aromatic N) is 2. The third-order valence-corrected chi connectivity index (χ3v) is 4.26. The van der Waals surface area contributed by atoms with Gasteiger partial charge >= 0.3 is 0 Å². The maximum Gasteiger partial charge on any atom is 0.253 e. The van der Waals surface area contributed by atoms with Gasteiger partial charge in [0, 0.05) is 18.0 Å². The van der Waals surface area contributed by atoms with E-state index in [4.69, 9.17) is 27.7 Å². The fraction of sp³-hybridized carbons (Fsp3) is 0.444. The van der Waals surface area contributed by atoms with Crippen LogP contribution in [0.4, 0.5) is 0 Å². The van der Waals surface area contributed by atoms with Crippen LogP contribution in [0.3, 0.4) is 0 Å². The maximum absolute atomic E-state index is 12.5. The quantitative estimate of drug-likeness (QED) is 0.693. The first kappa shape index (κ1) is 21.2. The molecule has 0 aliphatic carbocycles. The number of aryl methyl sites for hydroxylation is 1. The van der Waals surface area contributed by atoms with Crippen molar-refractivity contribution in [1.29, 1.82) is 0 Å². The molecule has 0 aliphatic rings. The number of carbonyl (C=O) groups is 2. The van der Waals surface area contributed by atoms with Crippen LogP contribution in [0.1, 0.15) is 42.3 Å². The molecule has 2 amide bonds. The zero-order chi connectivity index (χ0) is 20.0. The van der Waals surface area contributed by atoms with Crippen molar-refractivity contribution in [3.05, 3.63) is 45.5 Å². The number of carbonyl (C=O) groups excluding carboxylic acids is 2. The minimum absolute atomic E-state index is 0.209. The molecule has 0 fully saturated rings. The second kappa shape index (κ2) is 9.71. The molecule has 0 aliphatic heterocycles. The van der Waals surface area contributed by atoms with E-state index in [-0.39, 0.29) is 22.4 Å². The molecule has 2 rings (SSSR count). The Morgan fingerprint density at radius 2 is 2.00 bits per heavy atom. The van der Waals surface area contributed by atoms with Crippen LogP contribution in [0.25, 0.3) is 0 Å². The molecule has 1 unspecified atom stereocenters. The van der Waals surface area contributed by atoms with Crippen LogP contribution in [-0.4, -0.2) is 34.5 Å². The van der Waals surface area contributed by atoms with E-state index in [1.165, 1.54) is 12.1 Å². The molecule has 1 aromatic carbocycles. The highest BCUT2D eigenvalue weighted by molar-refractivity contribution is 6.36. The lowest BCUT2D eigenvalue weighted by molar-refractivity contribution is -0.123. The van der Waals surface area contributed by atoms with Gasteiger partial charge in [0.05, 0.1) is 10.6 Å². The Balaban J connectivity index is 1.98. The van der Waals surface area contributed by atoms with Crippen molar-refractivity contribution in [2.45, 2.75) is 39.7 Å². The third kappa shape index (κ3) is 6.52. The normalized spacial score (nSPS) is 12.1. The second-order valence-electron chi connectivity index (χ2n) is 6.56. The Bertz CT molecular complexity index is 808. The van der Waals surface area contributed by atoms with Gasteiger partial charge < -0.3 is 15.2 Å². The highest BCUT2D eigenvalue weighted by Crippen LogP contribution is 2.21. The number of benzene rings is 1. The summed E-state index contributed by atoms with van der Waals surface area (Å²) in [6, 6.07) is 3.91. The van der Waals surface area contributed by atoms with Crippen molar-refractivity contribution in [2.75, 3.05) is 6.54 Å². The number of halogens is 2. The maximum atomic E-state index is 12.5. The van der Waals surface area contributed by atoms with Gasteiger partial charge in [0.2, 0.25) is 11.8 Å². The van der Waals surface area contributed by atoms with Gasteiger partial charge in [-0.25, -0.2) is 0 Å². The molecule has 2 aromatic rings. The summed E-state index contributed by atoms with van der Waals surface area (Å²) in [6.07, 6.45) is 0.903. The summed E-state index contributed by atoms with van der Waals surface area (Å²) in [6.45, 7) is 6.00. The first-order valence-electron chi connectivity index (χ1n) is 8.59. The lowest BCUT2D eigenvalue weighted by Gasteiger charge is -2.20. The van der Waals surface area contributed by atoms with Crippen molar-refractivity contribution in [1.82, 2.24) is 20.8 Å². The zero-order valence-corrected chi connectivity index (χ0v) is 16.9. The first-order chi connectivity index (χ1) is 12.8. The van der Waals surface area contributed by atoms with Crippen molar-refractivity contribution < 1.29 is 14.1 Å². The standard InChI is InChI=1S/C18H22Cl2N4O3/c1-10(2)8-15(18(26)21-7-6-16-22-11(3)24-27-16)23-17(25)13-5-4-12(19)9-14(13)20/h4-5,9-10,15H,6-8H2,1-3H3,(H,21,26)(H,23,25). The molecule has 0 spiro atoms. The van der Waals surface area contributed by atoms with Gasteiger partial charge in [-0.05, 0) is 37.5 Å². The van der Waals surface area contributed by atoms with Crippen molar-refractivity contribution in [3.8, 4) is 0 Å². The molecule has 1 atom stereocenters. The van der Waals surface area contributed by atoms with E-state index < -0.39 is 11.9 Å². The predicted octanol–water partition coefficient (Wildman–Crippen LogP) is 3.19. The van der Waals surface area contributed by atoms with E-state index in [9.17, 15) is 9.59 Å². The van der Waals surface area contributed by atoms with Crippen LogP contribution in [0.2, 0.25) is 10.0 Å². The Hall–Kier alpha value is -2.12. The van der Waals surface area contributed by atoms with Crippen LogP contribution in [-0.2, 0) is 11.2 Å². The Labute approximate surface area is 167 Å². The van der Waals surface area contributed by atoms with Gasteiger partial charge in [-0.3, -0.25) is 9.59 Å². The first-order valence-corrected chi connectivity index (χ1v) is 9.34. The summed E-state index contributed by atoms with van der Waals surface area (Å²) >= 11 is 11.9. The molecule has 27 heavy (non-hydrogen) atoms. The summed E-state index contributed by atoms with van der Waals surface area (Å²) in [7, 11) is 0. The SMILES string of the molecule is Cc1noc(CCNC(=O)C(CC(C)C)NC(=O)c2ccc(Cl)cc2Cl)n1. The smallest absolute Gasteiger partial charge is 0.253 e. The molecule has 0 saturated heterocycles. The number of hydrogen-bond acceptors (Lipinski definition) is 5. The summed E-state index contributed by atoms with van der Waals surface area (Å²) in [5.74, 6) is 0.495. The molecule has 0 bridgehead atoms. The van der Waals surface area contributed by atoms with E-state index in [1.807, 2.05) is 13.8 Å². The van der Waals surface area contributed by atoms with Crippen molar-refractivity contribution in [2.24, 2.45) is 5.92 Å². The molecule has 7 nitrogen and oxygen atoms in total. The highest BCUT2D eigenvalue weighted by atomic mass is 35.5. The monoisotopic (exact) mass is 412 g/mol. The molecule has 1 aromatic heterocycles. The summed E-state index contributed by atoms with van der Waals surface area (Å²) in [5.41, 5.74) is 0.268. The molecule has 9 heteroatoms. The summed E-state index contributed by atoms with van der Waals surface area (Å²) in [5, 5.41) is 9.90. The number of nitrogens with one attached hydrogen (secondary N) is 2. The Morgan fingerprint density at radius 1 is 1.26 bits per heavy atom. The van der Waals surface area contributed by atoms with E-state index in [0.29, 0.717) is 36.1 Å². The van der Waals surface area contributed by atoms with E-state index in [2.05, 4.69) is 20.8 Å². The van der Waals surface area contributed by atoms with Crippen molar-refractivity contribution >= 4 is 35.0 Å². The second-order valence-corrected chi connectivity index (χ2v) is 7.40. The number of hydrogen-bond donors (Lipinski definition) is 2. The van der Waals surface area contributed by atoms with Crippen LogP contribution >= 0.6 is 23.2 Å². The molecule has 146 valence electrons. The van der Waals surface area contributed by atoms with E-state index in [1.54, 1.807) is 13.0 Å². The molecule has 0 radical (unpaired) electrons. The van der Waals surface area contributed by atoms with Crippen LogP contribution in [0, 0.1) is 12.8 Å². The Morgan fingerprint density at radius 3 is 2.59 bits per heavy atom. The van der Waals surface area contributed by atoms with Gasteiger partial charge in [0.25, 0.3) is 5.91 Å². The van der Waals surface area contributed by atoms with Crippen LogP contribution in [0.15, 0.2) is 22.7 Å². The highest BCUT2D eigenvalue weighted by Gasteiger charge is 2.23. The van der Waals surface area contributed by atoms with Gasteiger partial charge in [-0.2, -0.15) is 4.98 Å². The largest absolute Gasteiger partial charge is 0.354 e. The van der Waals surface area contributed by atoms with Gasteiger partial charge in [-0.1, -0.05) is 42.2 Å². The fourth-order valence-corrected chi connectivity index (χ4v) is 2.96. The predicted molar refractivity (Wildman–Crippen MR) is 103 cm³/mol. The average molecular weight is 413 g/mol. The molecule has 1 heterocycles. The van der Waals surface area contributed by atoms with E-state index >= 15 is 0 Å². The average Bonchev–Trinajstić information content (AvgIpc) is 2.98. The Kier molecular flexibility index (Phi) is 7.62. The van der Waals surface area contributed by atoms with Gasteiger partial charge in [0.1, 0.15) is 6.04 Å². The van der Waals surface area contributed by atoms with Crippen LogP contribution < -0.4 is 10.6 Å². The molecule has 0 saturated carbocycles. The minimum atomic E-state index is -0.686. The zero-order valence-electron chi connectivity index (χ0n) is 15.4. The van der Waals surface area contributed by atoms with E-state index in [0.717, 1.165) is 0 Å². The summed E-state index contributed by atoms with van der Waals surface area (Å²) in [4.78, 5) is 29.1. The topological polar surface area (TPSA) is 97.1 Å².